The predicted molar refractivity (Wildman–Crippen MR) is 169 cm³/mol. The van der Waals surface area contributed by atoms with E-state index in [0.717, 1.165) is 16.8 Å². The molecule has 5 atom stereocenters. The summed E-state index contributed by atoms with van der Waals surface area (Å²) in [4.78, 5) is 84.8. The van der Waals surface area contributed by atoms with Crippen LogP contribution in [0.1, 0.15) is 64.3 Å². The molecular weight excluding hydrogens is 578 g/mol. The summed E-state index contributed by atoms with van der Waals surface area (Å²) in [7, 11) is 0. The third-order valence-corrected chi connectivity index (χ3v) is 8.18. The lowest BCUT2D eigenvalue weighted by atomic mass is 9.99. The summed E-state index contributed by atoms with van der Waals surface area (Å²) in [5.41, 5.74) is 2.42. The number of fused-ring (bicyclic) bond motifs is 1. The van der Waals surface area contributed by atoms with Crippen LogP contribution < -0.4 is 26.6 Å². The molecule has 3 rings (SSSR count). The van der Waals surface area contributed by atoms with Crippen molar-refractivity contribution < 1.29 is 28.8 Å². The first-order valence-electron chi connectivity index (χ1n) is 15.5. The van der Waals surface area contributed by atoms with Gasteiger partial charge >= 0.3 is 0 Å². The van der Waals surface area contributed by atoms with E-state index in [0.29, 0.717) is 19.4 Å². The summed E-state index contributed by atoms with van der Waals surface area (Å²) in [6, 6.07) is -4.93. The van der Waals surface area contributed by atoms with Crippen molar-refractivity contribution >= 4 is 41.5 Å². The number of amides is 6. The van der Waals surface area contributed by atoms with Crippen LogP contribution in [-0.2, 0) is 35.2 Å². The molecule has 45 heavy (non-hydrogen) atoms. The first-order valence-corrected chi connectivity index (χ1v) is 15.5. The van der Waals surface area contributed by atoms with E-state index in [-0.39, 0.29) is 18.3 Å². The number of hydrogen-bond donors (Lipinski definition) is 6. The number of nitrogens with zero attached hydrogens (tertiary/aromatic N) is 1. The van der Waals surface area contributed by atoms with E-state index >= 15 is 0 Å². The first-order chi connectivity index (χ1) is 21.2. The van der Waals surface area contributed by atoms with E-state index in [9.17, 15) is 28.8 Å². The largest absolute Gasteiger partial charge is 0.364 e. The van der Waals surface area contributed by atoms with E-state index in [4.69, 9.17) is 0 Å². The Balaban J connectivity index is 1.99. The van der Waals surface area contributed by atoms with Gasteiger partial charge < -0.3 is 36.5 Å². The molecule has 0 saturated carbocycles. The normalized spacial score (nSPS) is 26.1. The average Bonchev–Trinajstić information content (AvgIpc) is 3.61. The predicted octanol–water partition coefficient (Wildman–Crippen LogP) is 0.457. The van der Waals surface area contributed by atoms with Crippen LogP contribution in [0.15, 0.2) is 24.9 Å². The van der Waals surface area contributed by atoms with Gasteiger partial charge in [0, 0.05) is 24.9 Å². The van der Waals surface area contributed by atoms with Crippen LogP contribution in [0, 0.1) is 18.8 Å². The Kier molecular flexibility index (Phi) is 12.1. The lowest BCUT2D eigenvalue weighted by molar-refractivity contribution is -0.143. The maximum absolute atomic E-state index is 13.7. The molecule has 0 aromatic carbocycles. The Morgan fingerprint density at radius 3 is 2.24 bits per heavy atom. The van der Waals surface area contributed by atoms with Gasteiger partial charge in [-0.1, -0.05) is 52.5 Å². The fourth-order valence-corrected chi connectivity index (χ4v) is 5.55. The van der Waals surface area contributed by atoms with Gasteiger partial charge in [0.05, 0.1) is 6.54 Å². The Hall–Kier alpha value is -4.42. The molecule has 246 valence electrons. The highest BCUT2D eigenvalue weighted by Gasteiger charge is 2.40. The van der Waals surface area contributed by atoms with Crippen molar-refractivity contribution in [1.29, 1.82) is 0 Å². The molecule has 1 aromatic rings. The Morgan fingerprint density at radius 1 is 0.911 bits per heavy atom. The van der Waals surface area contributed by atoms with Crippen molar-refractivity contribution in [3.63, 3.8) is 0 Å². The Labute approximate surface area is 264 Å². The molecule has 6 amide bonds. The number of carbonyl (C=O) groups excluding carboxylic acids is 6. The minimum absolute atomic E-state index is 0.0791. The third kappa shape index (κ3) is 8.83. The van der Waals surface area contributed by atoms with Crippen molar-refractivity contribution in [3.8, 4) is 0 Å². The third-order valence-electron chi connectivity index (χ3n) is 8.18. The van der Waals surface area contributed by atoms with Crippen molar-refractivity contribution in [1.82, 2.24) is 36.5 Å². The molecule has 0 aliphatic carbocycles. The molecule has 3 heterocycles. The molecule has 2 aliphatic heterocycles. The van der Waals surface area contributed by atoms with Crippen LogP contribution in [0.3, 0.4) is 0 Å². The van der Waals surface area contributed by atoms with E-state index in [1.54, 1.807) is 46.0 Å². The first kappa shape index (κ1) is 35.1. The minimum Gasteiger partial charge on any atom is -0.364 e. The lowest BCUT2D eigenvalue weighted by Crippen LogP contribution is -2.61. The van der Waals surface area contributed by atoms with Gasteiger partial charge in [0.2, 0.25) is 35.4 Å². The number of carbonyl (C=O) groups is 6. The standard InChI is InChI=1S/C32H47N7O6/c1-8-9-11-22-19(6)33-15-21(22)14-23-29(42)35-20(7)28(41)34-16-25(40)37-27(18(4)5)32(45)39-13-10-12-24(39)30(43)38-26(17(2)3)31(44)36-23/h8-9,11,15,17-18,20,23-24,26-27,33H,1,10,12-14,16H2,2-7H3,(H,34,41)(H,35,42)(H,36,44)(H,37,40)(H,38,43)/b11-9-. The molecule has 0 spiro atoms. The van der Waals surface area contributed by atoms with E-state index in [1.807, 2.05) is 13.0 Å². The highest BCUT2D eigenvalue weighted by molar-refractivity contribution is 5.98. The van der Waals surface area contributed by atoms with Crippen LogP contribution >= 0.6 is 0 Å². The fraction of sp³-hybridized carbons (Fsp3) is 0.562. The molecule has 0 radical (unpaired) electrons. The van der Waals surface area contributed by atoms with Gasteiger partial charge in [-0.3, -0.25) is 28.8 Å². The lowest BCUT2D eigenvalue weighted by Gasteiger charge is -2.32. The number of aromatic nitrogens is 1. The molecule has 2 aliphatic rings. The Bertz CT molecular complexity index is 1330. The van der Waals surface area contributed by atoms with Gasteiger partial charge in [-0.15, -0.1) is 0 Å². The quantitative estimate of drug-likeness (QED) is 0.250. The van der Waals surface area contributed by atoms with Gasteiger partial charge in [-0.05, 0) is 49.7 Å². The van der Waals surface area contributed by atoms with Crippen LogP contribution in [0.5, 0.6) is 0 Å². The van der Waals surface area contributed by atoms with Crippen molar-refractivity contribution in [2.24, 2.45) is 11.8 Å². The van der Waals surface area contributed by atoms with Crippen molar-refractivity contribution in [2.45, 2.75) is 91.0 Å². The van der Waals surface area contributed by atoms with Gasteiger partial charge in [0.15, 0.2) is 0 Å². The molecule has 1 aromatic heterocycles. The maximum Gasteiger partial charge on any atom is 0.246 e. The van der Waals surface area contributed by atoms with E-state index < -0.39 is 72.2 Å². The van der Waals surface area contributed by atoms with E-state index in [2.05, 4.69) is 38.1 Å². The maximum atomic E-state index is 13.7. The number of H-pyrrole nitrogens is 1. The van der Waals surface area contributed by atoms with Gasteiger partial charge in [0.1, 0.15) is 30.2 Å². The molecule has 5 unspecified atom stereocenters. The molecular formula is C32H47N7O6. The summed E-state index contributed by atoms with van der Waals surface area (Å²) in [5.74, 6) is -3.93. The number of aryl methyl sites for hydroxylation is 1. The summed E-state index contributed by atoms with van der Waals surface area (Å²) in [6.45, 7) is 14.0. The summed E-state index contributed by atoms with van der Waals surface area (Å²) in [5, 5.41) is 13.4. The molecule has 0 bridgehead atoms. The van der Waals surface area contributed by atoms with Crippen LogP contribution in [0.4, 0.5) is 0 Å². The number of hydrogen-bond acceptors (Lipinski definition) is 6. The second-order valence-corrected chi connectivity index (χ2v) is 12.4. The van der Waals surface area contributed by atoms with Crippen molar-refractivity contribution in [2.75, 3.05) is 13.1 Å². The number of nitrogens with one attached hydrogen (secondary N) is 6. The monoisotopic (exact) mass is 625 g/mol. The topological polar surface area (TPSA) is 182 Å². The smallest absolute Gasteiger partial charge is 0.246 e. The highest BCUT2D eigenvalue weighted by atomic mass is 16.2. The Morgan fingerprint density at radius 2 is 1.60 bits per heavy atom. The van der Waals surface area contributed by atoms with Crippen LogP contribution in [0.25, 0.3) is 6.08 Å². The second kappa shape index (κ2) is 15.5. The second-order valence-electron chi connectivity index (χ2n) is 12.4. The summed E-state index contributed by atoms with van der Waals surface area (Å²) < 4.78 is 0. The van der Waals surface area contributed by atoms with Crippen LogP contribution in [-0.4, -0.2) is 88.6 Å². The summed E-state index contributed by atoms with van der Waals surface area (Å²) >= 11 is 0. The molecule has 13 nitrogen and oxygen atoms in total. The minimum atomic E-state index is -1.12. The number of allylic oxidation sites excluding steroid dienone is 2. The fourth-order valence-electron chi connectivity index (χ4n) is 5.55. The zero-order valence-corrected chi connectivity index (χ0v) is 27.0. The SMILES string of the molecule is C=C/C=C\c1c(CC2NC(=O)C(C(C)C)NC(=O)C3CCCN3C(=O)C(C(C)C)NC(=O)CNC(=O)C(C)NC2=O)c[nH]c1C. The molecule has 13 heteroatoms. The van der Waals surface area contributed by atoms with Gasteiger partial charge in [-0.2, -0.15) is 0 Å². The van der Waals surface area contributed by atoms with Gasteiger partial charge in [-0.25, -0.2) is 0 Å². The van der Waals surface area contributed by atoms with E-state index in [1.165, 1.54) is 11.8 Å². The number of rotatable bonds is 6. The molecule has 2 fully saturated rings. The highest BCUT2D eigenvalue weighted by Crippen LogP contribution is 2.22. The van der Waals surface area contributed by atoms with Gasteiger partial charge in [0.25, 0.3) is 0 Å². The summed E-state index contributed by atoms with van der Waals surface area (Å²) in [6.07, 6.45) is 8.03. The zero-order chi connectivity index (χ0) is 33.4. The number of aromatic amines is 1. The van der Waals surface area contributed by atoms with Crippen LogP contribution in [0.2, 0.25) is 0 Å². The van der Waals surface area contributed by atoms with Crippen molar-refractivity contribution in [3.05, 3.63) is 41.7 Å². The molecule has 6 N–H and O–H groups in total. The zero-order valence-electron chi connectivity index (χ0n) is 27.0. The molecule has 2 saturated heterocycles. The average molecular weight is 626 g/mol.